The first kappa shape index (κ1) is 11.5. The van der Waals surface area contributed by atoms with Crippen molar-refractivity contribution in [1.82, 2.24) is 5.32 Å². The Bertz CT molecular complexity index is 680. The van der Waals surface area contributed by atoms with Crippen LogP contribution in [0.3, 0.4) is 0 Å². The minimum Gasteiger partial charge on any atom is -0.478 e. The lowest BCUT2D eigenvalue weighted by Crippen LogP contribution is -2.24. The van der Waals surface area contributed by atoms with Gasteiger partial charge < -0.3 is 10.4 Å². The Balaban J connectivity index is 2.09. The first-order valence-electron chi connectivity index (χ1n) is 5.91. The summed E-state index contributed by atoms with van der Waals surface area (Å²) in [7, 11) is 0. The number of carboxylic acids is 1. The van der Waals surface area contributed by atoms with Gasteiger partial charge in [-0.25, -0.2) is 4.79 Å². The average molecular weight is 253 g/mol. The van der Waals surface area contributed by atoms with Crippen LogP contribution >= 0.6 is 0 Å². The molecule has 0 fully saturated rings. The Kier molecular flexibility index (Phi) is 2.56. The molecule has 0 atom stereocenters. The topological polar surface area (TPSA) is 66.4 Å². The second-order valence-corrected chi connectivity index (χ2v) is 4.44. The molecule has 4 heteroatoms. The number of aliphatic carboxylic acids is 1. The van der Waals surface area contributed by atoms with Crippen molar-refractivity contribution in [3.05, 3.63) is 64.4 Å². The van der Waals surface area contributed by atoms with E-state index in [0.717, 1.165) is 11.1 Å². The molecule has 0 saturated carbocycles. The Morgan fingerprint density at radius 3 is 2.79 bits per heavy atom. The number of carbonyl (C=O) groups excluding carboxylic acids is 1. The van der Waals surface area contributed by atoms with Gasteiger partial charge in [-0.2, -0.15) is 0 Å². The van der Waals surface area contributed by atoms with Gasteiger partial charge in [0, 0.05) is 11.3 Å². The molecule has 1 aromatic carbocycles. The monoisotopic (exact) mass is 253 g/mol. The maximum atomic E-state index is 12.1. The summed E-state index contributed by atoms with van der Waals surface area (Å²) in [5, 5.41) is 11.8. The second kappa shape index (κ2) is 4.24. The number of hydrogen-bond acceptors (Lipinski definition) is 2. The third-order valence-corrected chi connectivity index (χ3v) is 3.22. The fraction of sp³-hybridized carbons (Fsp3) is 0.0667. The third-order valence-electron chi connectivity index (χ3n) is 3.22. The molecule has 2 N–H and O–H groups in total. The van der Waals surface area contributed by atoms with Crippen molar-refractivity contribution in [1.29, 1.82) is 0 Å². The lowest BCUT2D eigenvalue weighted by atomic mass is 9.97. The number of hydrogen-bond donors (Lipinski definition) is 2. The second-order valence-electron chi connectivity index (χ2n) is 4.44. The van der Waals surface area contributed by atoms with Gasteiger partial charge in [0.1, 0.15) is 0 Å². The van der Waals surface area contributed by atoms with Crippen LogP contribution < -0.4 is 5.32 Å². The van der Waals surface area contributed by atoms with E-state index in [-0.39, 0.29) is 11.5 Å². The smallest absolute Gasteiger partial charge is 0.335 e. The van der Waals surface area contributed by atoms with Crippen molar-refractivity contribution in [2.24, 2.45) is 0 Å². The van der Waals surface area contributed by atoms with Crippen LogP contribution in [0.1, 0.15) is 22.3 Å². The number of nitrogens with one attached hydrogen (secondary N) is 1. The predicted molar refractivity (Wildman–Crippen MR) is 70.3 cm³/mol. The van der Waals surface area contributed by atoms with Gasteiger partial charge in [-0.15, -0.1) is 0 Å². The Morgan fingerprint density at radius 2 is 2.00 bits per heavy atom. The van der Waals surface area contributed by atoms with E-state index in [1.807, 2.05) is 18.2 Å². The minimum absolute atomic E-state index is 0.207. The summed E-state index contributed by atoms with van der Waals surface area (Å²) in [5.41, 5.74) is 3.15. The number of carbonyl (C=O) groups is 2. The van der Waals surface area contributed by atoms with E-state index in [2.05, 4.69) is 5.32 Å². The molecule has 4 nitrogen and oxygen atoms in total. The van der Waals surface area contributed by atoms with Crippen LogP contribution in [-0.2, 0) is 4.79 Å². The Morgan fingerprint density at radius 1 is 1.21 bits per heavy atom. The molecule has 1 aromatic rings. The quantitative estimate of drug-likeness (QED) is 0.805. The SMILES string of the molecule is O=C(O)C1=CCC2=Cc3ccccc3C(=O)NC2=C1. The summed E-state index contributed by atoms with van der Waals surface area (Å²) < 4.78 is 0. The average Bonchev–Trinajstić information content (AvgIpc) is 2.54. The fourth-order valence-electron chi connectivity index (χ4n) is 2.25. The summed E-state index contributed by atoms with van der Waals surface area (Å²) in [4.78, 5) is 23.1. The standard InChI is InChI=1S/C15H11NO3/c17-14-12-4-2-1-3-9(12)7-10-5-6-11(15(18)19)8-13(10)16-14/h1-4,6-8H,5H2,(H,16,17)(H,18,19). The molecule has 0 aromatic heterocycles. The van der Waals surface area contributed by atoms with E-state index in [0.29, 0.717) is 17.7 Å². The van der Waals surface area contributed by atoms with Gasteiger partial charge >= 0.3 is 5.97 Å². The van der Waals surface area contributed by atoms with Gasteiger partial charge in [-0.3, -0.25) is 4.79 Å². The number of rotatable bonds is 1. The largest absolute Gasteiger partial charge is 0.478 e. The van der Waals surface area contributed by atoms with E-state index < -0.39 is 5.97 Å². The number of allylic oxidation sites excluding steroid dienone is 2. The molecule has 0 saturated heterocycles. The van der Waals surface area contributed by atoms with E-state index in [9.17, 15) is 9.59 Å². The van der Waals surface area contributed by atoms with Crippen LogP contribution in [0.5, 0.6) is 0 Å². The molecule has 1 amide bonds. The fourth-order valence-corrected chi connectivity index (χ4v) is 2.25. The molecule has 0 spiro atoms. The molecule has 0 radical (unpaired) electrons. The van der Waals surface area contributed by atoms with Crippen molar-refractivity contribution in [2.75, 3.05) is 0 Å². The maximum absolute atomic E-state index is 12.1. The van der Waals surface area contributed by atoms with Crippen molar-refractivity contribution in [3.63, 3.8) is 0 Å². The highest BCUT2D eigenvalue weighted by atomic mass is 16.4. The van der Waals surface area contributed by atoms with Crippen LogP contribution in [0.4, 0.5) is 0 Å². The number of amides is 1. The Hall–Kier alpha value is -2.62. The number of fused-ring (bicyclic) bond motifs is 2. The molecule has 2 aliphatic rings. The molecular formula is C15H11NO3. The summed E-state index contributed by atoms with van der Waals surface area (Å²) >= 11 is 0. The van der Waals surface area contributed by atoms with Crippen LogP contribution in [0.2, 0.25) is 0 Å². The molecule has 0 unspecified atom stereocenters. The normalized spacial score (nSPS) is 17.1. The molecule has 1 heterocycles. The van der Waals surface area contributed by atoms with Gasteiger partial charge in [0.05, 0.1) is 5.57 Å². The highest BCUT2D eigenvalue weighted by molar-refractivity contribution is 6.02. The summed E-state index contributed by atoms with van der Waals surface area (Å²) in [6.45, 7) is 0. The maximum Gasteiger partial charge on any atom is 0.335 e. The summed E-state index contributed by atoms with van der Waals surface area (Å²) in [6.07, 6.45) is 5.58. The van der Waals surface area contributed by atoms with Crippen molar-refractivity contribution >= 4 is 18.0 Å². The first-order valence-corrected chi connectivity index (χ1v) is 5.91. The van der Waals surface area contributed by atoms with E-state index >= 15 is 0 Å². The number of carboxylic acid groups (broad SMARTS) is 1. The van der Waals surface area contributed by atoms with Crippen molar-refractivity contribution in [3.8, 4) is 0 Å². The third kappa shape index (κ3) is 1.97. The van der Waals surface area contributed by atoms with Crippen molar-refractivity contribution in [2.45, 2.75) is 6.42 Å². The van der Waals surface area contributed by atoms with E-state index in [1.54, 1.807) is 18.2 Å². The summed E-state index contributed by atoms with van der Waals surface area (Å²) in [5.74, 6) is -1.19. The molecule has 94 valence electrons. The van der Waals surface area contributed by atoms with Gasteiger partial charge in [0.15, 0.2) is 0 Å². The first-order chi connectivity index (χ1) is 9.15. The number of benzene rings is 1. The highest BCUT2D eigenvalue weighted by Gasteiger charge is 2.21. The lowest BCUT2D eigenvalue weighted by Gasteiger charge is -2.14. The zero-order valence-electron chi connectivity index (χ0n) is 10.0. The lowest BCUT2D eigenvalue weighted by molar-refractivity contribution is -0.132. The molecule has 1 aliphatic heterocycles. The van der Waals surface area contributed by atoms with Gasteiger partial charge in [0.2, 0.25) is 0 Å². The van der Waals surface area contributed by atoms with E-state index in [1.165, 1.54) is 6.08 Å². The van der Waals surface area contributed by atoms with Gasteiger partial charge in [-0.05, 0) is 35.8 Å². The zero-order chi connectivity index (χ0) is 13.4. The van der Waals surface area contributed by atoms with Crippen LogP contribution in [-0.4, -0.2) is 17.0 Å². The molecule has 1 aliphatic carbocycles. The minimum atomic E-state index is -0.984. The highest BCUT2D eigenvalue weighted by Crippen LogP contribution is 2.28. The van der Waals surface area contributed by atoms with Crippen LogP contribution in [0, 0.1) is 0 Å². The van der Waals surface area contributed by atoms with E-state index in [4.69, 9.17) is 5.11 Å². The molecule has 0 bridgehead atoms. The molecular weight excluding hydrogens is 242 g/mol. The zero-order valence-corrected chi connectivity index (χ0v) is 10.0. The van der Waals surface area contributed by atoms with Crippen molar-refractivity contribution < 1.29 is 14.7 Å². The summed E-state index contributed by atoms with van der Waals surface area (Å²) in [6, 6.07) is 7.31. The van der Waals surface area contributed by atoms with Gasteiger partial charge in [-0.1, -0.05) is 24.3 Å². The van der Waals surface area contributed by atoms with Crippen LogP contribution in [0.15, 0.2) is 53.3 Å². The Labute approximate surface area is 109 Å². The predicted octanol–water partition coefficient (Wildman–Crippen LogP) is 2.11. The molecule has 19 heavy (non-hydrogen) atoms. The van der Waals surface area contributed by atoms with Gasteiger partial charge in [0.25, 0.3) is 5.91 Å². The van der Waals surface area contributed by atoms with Crippen LogP contribution in [0.25, 0.3) is 6.08 Å². The molecule has 3 rings (SSSR count).